The molecule has 0 aliphatic carbocycles. The van der Waals surface area contributed by atoms with Crippen molar-refractivity contribution >= 4 is 23.2 Å². The van der Waals surface area contributed by atoms with Crippen LogP contribution >= 0.6 is 23.2 Å². The molecule has 0 atom stereocenters. The van der Waals surface area contributed by atoms with E-state index in [2.05, 4.69) is 6.07 Å². The third kappa shape index (κ3) is 5.94. The van der Waals surface area contributed by atoms with E-state index < -0.39 is 17.0 Å². The zero-order valence-corrected chi connectivity index (χ0v) is 25.0. The molecule has 0 radical (unpaired) electrons. The van der Waals surface area contributed by atoms with Gasteiger partial charge in [0.15, 0.2) is 0 Å². The number of benzene rings is 4. The average Bonchev–Trinajstić information content (AvgIpc) is 3.01. The van der Waals surface area contributed by atoms with Crippen molar-refractivity contribution in [2.75, 3.05) is 0 Å². The molecule has 2 nitrogen and oxygen atoms in total. The van der Waals surface area contributed by atoms with Crippen LogP contribution < -0.4 is 0 Å². The van der Waals surface area contributed by atoms with Crippen LogP contribution in [0.3, 0.4) is 0 Å². The molecule has 0 unspecified atom stereocenters. The number of hydrogen-bond donors (Lipinski definition) is 0. The van der Waals surface area contributed by atoms with Gasteiger partial charge in [0, 0.05) is 27.6 Å². The summed E-state index contributed by atoms with van der Waals surface area (Å²) in [6.07, 6.45) is 0. The van der Waals surface area contributed by atoms with E-state index in [1.165, 1.54) is 12.1 Å². The van der Waals surface area contributed by atoms with E-state index in [-0.39, 0.29) is 5.56 Å². The topological polar surface area (TPSA) is 25.8 Å². The molecule has 0 fully saturated rings. The van der Waals surface area contributed by atoms with Gasteiger partial charge in [-0.15, -0.1) is 0 Å². The Labute approximate surface area is 259 Å². The maximum Gasteiger partial charge on any atom is 0.135 e. The fraction of sp³-hybridized carbons (Fsp3) is 0.0811. The number of rotatable bonds is 6. The third-order valence-electron chi connectivity index (χ3n) is 7.56. The van der Waals surface area contributed by atoms with E-state index in [4.69, 9.17) is 33.2 Å². The van der Waals surface area contributed by atoms with Crippen molar-refractivity contribution in [3.63, 3.8) is 0 Å². The highest BCUT2D eigenvalue weighted by Crippen LogP contribution is 2.39. The standard InChI is InChI=1S/C37H26Cl2F2N2/c1-37(2,35-19-25(23-9-5-3-6-10-23)17-33(42-35)29-15-13-27(38)21-31(29)39)36-20-26(24-11-7-4-8-12-24)18-34(43-36)30-16-14-28(40)22-32(30)41/h3-22H,1-2H3. The summed E-state index contributed by atoms with van der Waals surface area (Å²) in [7, 11) is 0. The SMILES string of the molecule is CC(C)(c1cc(-c2ccccc2)cc(-c2ccc(F)cc2F)n1)c1cc(-c2ccccc2)cc(-c2ccc(Cl)cc2Cl)n1. The quantitative estimate of drug-likeness (QED) is 0.188. The maximum absolute atomic E-state index is 15.1. The Morgan fingerprint density at radius 1 is 0.535 bits per heavy atom. The molecule has 0 N–H and O–H groups in total. The molecule has 0 aliphatic rings. The second-order valence-electron chi connectivity index (χ2n) is 10.9. The summed E-state index contributed by atoms with van der Waals surface area (Å²) in [6.45, 7) is 4.08. The van der Waals surface area contributed by atoms with Crippen molar-refractivity contribution in [2.24, 2.45) is 0 Å². The fourth-order valence-corrected chi connectivity index (χ4v) is 5.60. The zero-order valence-electron chi connectivity index (χ0n) is 23.5. The summed E-state index contributed by atoms with van der Waals surface area (Å²) in [6, 6.07) is 36.7. The van der Waals surface area contributed by atoms with Crippen LogP contribution in [0, 0.1) is 11.6 Å². The van der Waals surface area contributed by atoms with Crippen LogP contribution in [0.25, 0.3) is 44.8 Å². The van der Waals surface area contributed by atoms with Gasteiger partial charge >= 0.3 is 0 Å². The van der Waals surface area contributed by atoms with E-state index in [0.717, 1.165) is 39.6 Å². The molecule has 4 aromatic carbocycles. The van der Waals surface area contributed by atoms with Crippen LogP contribution in [0.4, 0.5) is 8.78 Å². The van der Waals surface area contributed by atoms with Gasteiger partial charge in [-0.1, -0.05) is 83.9 Å². The minimum absolute atomic E-state index is 0.218. The van der Waals surface area contributed by atoms with Crippen molar-refractivity contribution < 1.29 is 8.78 Å². The second kappa shape index (κ2) is 11.7. The molecule has 6 rings (SSSR count). The molecular weight excluding hydrogens is 581 g/mol. The first-order chi connectivity index (χ1) is 20.7. The van der Waals surface area contributed by atoms with Gasteiger partial charge in [-0.05, 0) is 90.7 Å². The third-order valence-corrected chi connectivity index (χ3v) is 8.11. The molecule has 0 saturated carbocycles. The van der Waals surface area contributed by atoms with Gasteiger partial charge < -0.3 is 0 Å². The van der Waals surface area contributed by atoms with E-state index in [1.807, 2.05) is 98.8 Å². The van der Waals surface area contributed by atoms with Gasteiger partial charge in [-0.2, -0.15) is 0 Å². The minimum atomic E-state index is -0.742. The minimum Gasteiger partial charge on any atom is -0.252 e. The Morgan fingerprint density at radius 3 is 1.56 bits per heavy atom. The molecule has 2 heterocycles. The summed E-state index contributed by atoms with van der Waals surface area (Å²) in [5.74, 6) is -1.32. The summed E-state index contributed by atoms with van der Waals surface area (Å²) in [5, 5.41) is 1.03. The van der Waals surface area contributed by atoms with E-state index in [1.54, 1.807) is 12.1 Å². The summed E-state index contributed by atoms with van der Waals surface area (Å²) in [4.78, 5) is 10.1. The average molecular weight is 608 g/mol. The normalized spacial score (nSPS) is 11.5. The smallest absolute Gasteiger partial charge is 0.135 e. The van der Waals surface area contributed by atoms with Crippen LogP contribution in [0.5, 0.6) is 0 Å². The highest BCUT2D eigenvalue weighted by Gasteiger charge is 2.29. The first-order valence-electron chi connectivity index (χ1n) is 13.8. The van der Waals surface area contributed by atoms with Crippen molar-refractivity contribution in [3.8, 4) is 44.8 Å². The molecule has 2 aromatic heterocycles. The molecular formula is C37H26Cl2F2N2. The Morgan fingerprint density at radius 2 is 1.05 bits per heavy atom. The first-order valence-corrected chi connectivity index (χ1v) is 14.5. The van der Waals surface area contributed by atoms with Gasteiger partial charge in [0.2, 0.25) is 0 Å². The first kappa shape index (κ1) is 28.7. The lowest BCUT2D eigenvalue weighted by atomic mass is 9.82. The van der Waals surface area contributed by atoms with Crippen molar-refractivity contribution in [1.82, 2.24) is 9.97 Å². The van der Waals surface area contributed by atoms with Gasteiger partial charge in [0.05, 0.1) is 27.8 Å². The van der Waals surface area contributed by atoms with E-state index in [9.17, 15) is 4.39 Å². The molecule has 0 bridgehead atoms. The second-order valence-corrected chi connectivity index (χ2v) is 11.7. The van der Waals surface area contributed by atoms with Crippen LogP contribution in [0.2, 0.25) is 10.0 Å². The van der Waals surface area contributed by atoms with Gasteiger partial charge in [0.1, 0.15) is 11.6 Å². The number of pyridine rings is 2. The van der Waals surface area contributed by atoms with Crippen LogP contribution in [0.15, 0.2) is 121 Å². The lowest BCUT2D eigenvalue weighted by Crippen LogP contribution is -2.23. The molecule has 6 aromatic rings. The maximum atomic E-state index is 15.1. The molecule has 0 amide bonds. The highest BCUT2D eigenvalue weighted by atomic mass is 35.5. The van der Waals surface area contributed by atoms with Gasteiger partial charge in [-0.25, -0.2) is 8.78 Å². The monoisotopic (exact) mass is 606 g/mol. The van der Waals surface area contributed by atoms with Crippen LogP contribution in [0.1, 0.15) is 25.2 Å². The Bertz CT molecular complexity index is 1800. The van der Waals surface area contributed by atoms with Crippen LogP contribution in [-0.4, -0.2) is 9.97 Å². The Balaban J connectivity index is 1.58. The molecule has 6 heteroatoms. The molecule has 0 aliphatic heterocycles. The van der Waals surface area contributed by atoms with Crippen molar-refractivity contribution in [2.45, 2.75) is 19.3 Å². The van der Waals surface area contributed by atoms with Crippen molar-refractivity contribution in [3.05, 3.63) is 154 Å². The predicted molar refractivity (Wildman–Crippen MR) is 172 cm³/mol. The van der Waals surface area contributed by atoms with Gasteiger partial charge in [0.25, 0.3) is 0 Å². The Hall–Kier alpha value is -4.38. The number of hydrogen-bond acceptors (Lipinski definition) is 2. The fourth-order valence-electron chi connectivity index (χ4n) is 5.10. The van der Waals surface area contributed by atoms with Crippen LogP contribution in [-0.2, 0) is 5.41 Å². The summed E-state index contributed by atoms with van der Waals surface area (Å²) < 4.78 is 28.9. The molecule has 0 saturated heterocycles. The lowest BCUT2D eigenvalue weighted by molar-refractivity contribution is 0.583. The largest absolute Gasteiger partial charge is 0.252 e. The lowest BCUT2D eigenvalue weighted by Gasteiger charge is -2.27. The predicted octanol–water partition coefficient (Wildman–Crippen LogP) is 11.1. The molecule has 43 heavy (non-hydrogen) atoms. The molecule has 0 spiro atoms. The number of nitrogens with zero attached hydrogens (tertiary/aromatic N) is 2. The molecule has 212 valence electrons. The summed E-state index contributed by atoms with van der Waals surface area (Å²) >= 11 is 12.9. The summed E-state index contributed by atoms with van der Waals surface area (Å²) in [5.41, 5.74) is 6.54. The van der Waals surface area contributed by atoms with E-state index >= 15 is 4.39 Å². The zero-order chi connectivity index (χ0) is 30.1. The van der Waals surface area contributed by atoms with E-state index in [0.29, 0.717) is 27.1 Å². The highest BCUT2D eigenvalue weighted by molar-refractivity contribution is 6.36. The van der Waals surface area contributed by atoms with Gasteiger partial charge in [-0.3, -0.25) is 9.97 Å². The number of aromatic nitrogens is 2. The van der Waals surface area contributed by atoms with Crippen molar-refractivity contribution in [1.29, 1.82) is 0 Å². The Kier molecular flexibility index (Phi) is 7.83. The number of halogens is 4.